The molecule has 0 radical (unpaired) electrons. The van der Waals surface area contributed by atoms with Crippen LogP contribution in [0.3, 0.4) is 0 Å². The Morgan fingerprint density at radius 1 is 1.17 bits per heavy atom. The van der Waals surface area contributed by atoms with Crippen LogP contribution in [-0.2, 0) is 9.53 Å². The molecule has 3 nitrogen and oxygen atoms in total. The van der Waals surface area contributed by atoms with E-state index in [4.69, 9.17) is 4.74 Å². The summed E-state index contributed by atoms with van der Waals surface area (Å²) in [7, 11) is 1.88. The molecule has 0 N–H and O–H groups in total. The normalized spacial score (nSPS) is 10.1. The van der Waals surface area contributed by atoms with Crippen LogP contribution in [-0.4, -0.2) is 19.6 Å². The minimum absolute atomic E-state index is 0.353. The third-order valence-electron chi connectivity index (χ3n) is 3.37. The Bertz CT molecular complexity index is 782. The van der Waals surface area contributed by atoms with Crippen molar-refractivity contribution in [2.45, 2.75) is 13.8 Å². The van der Waals surface area contributed by atoms with Gasteiger partial charge in [0.1, 0.15) is 0 Å². The number of rotatable bonds is 4. The molecule has 0 fully saturated rings. The standard InChI is InChI=1S/C21H21NO2/c1-4-24-21(23)14-15-22(3)20-13-10-17(2)16-19(20)12-11-18-8-6-5-7-9-18/h5-10,13-16H,4H2,1-3H3/b15-14+. The van der Waals surface area contributed by atoms with Crippen molar-refractivity contribution in [1.82, 2.24) is 0 Å². The van der Waals surface area contributed by atoms with Gasteiger partial charge < -0.3 is 9.64 Å². The first-order valence-electron chi connectivity index (χ1n) is 7.85. The molecule has 0 aromatic heterocycles. The number of anilines is 1. The van der Waals surface area contributed by atoms with Crippen molar-refractivity contribution in [3.8, 4) is 11.8 Å². The topological polar surface area (TPSA) is 29.5 Å². The van der Waals surface area contributed by atoms with Gasteiger partial charge in [0.05, 0.1) is 12.3 Å². The zero-order valence-electron chi connectivity index (χ0n) is 14.2. The number of aryl methyl sites for hydroxylation is 1. The first-order chi connectivity index (χ1) is 11.6. The Balaban J connectivity index is 2.28. The number of carbonyl (C=O) groups is 1. The Morgan fingerprint density at radius 2 is 1.92 bits per heavy atom. The van der Waals surface area contributed by atoms with Crippen LogP contribution in [0.25, 0.3) is 0 Å². The number of benzene rings is 2. The zero-order valence-corrected chi connectivity index (χ0v) is 14.2. The Labute approximate surface area is 143 Å². The maximum atomic E-state index is 11.5. The molecule has 24 heavy (non-hydrogen) atoms. The molecular weight excluding hydrogens is 298 g/mol. The van der Waals surface area contributed by atoms with E-state index in [1.165, 1.54) is 6.08 Å². The van der Waals surface area contributed by atoms with Gasteiger partial charge in [0, 0.05) is 30.5 Å². The van der Waals surface area contributed by atoms with Gasteiger partial charge in [0.15, 0.2) is 0 Å². The fourth-order valence-electron chi connectivity index (χ4n) is 2.16. The number of ether oxygens (including phenoxy) is 1. The van der Waals surface area contributed by atoms with Crippen LogP contribution < -0.4 is 4.90 Å². The molecule has 2 aromatic carbocycles. The molecule has 0 aliphatic heterocycles. The number of hydrogen-bond acceptors (Lipinski definition) is 3. The lowest BCUT2D eigenvalue weighted by Crippen LogP contribution is -2.11. The fraction of sp³-hybridized carbons (Fsp3) is 0.190. The molecule has 0 unspecified atom stereocenters. The van der Waals surface area contributed by atoms with E-state index in [1.807, 2.05) is 67.4 Å². The lowest BCUT2D eigenvalue weighted by Gasteiger charge is -2.16. The van der Waals surface area contributed by atoms with Gasteiger partial charge in [0.25, 0.3) is 0 Å². The molecule has 0 bridgehead atoms. The second kappa shape index (κ2) is 8.59. The van der Waals surface area contributed by atoms with Crippen molar-refractivity contribution in [1.29, 1.82) is 0 Å². The van der Waals surface area contributed by atoms with Crippen LogP contribution in [0.15, 0.2) is 60.8 Å². The van der Waals surface area contributed by atoms with E-state index in [-0.39, 0.29) is 5.97 Å². The summed E-state index contributed by atoms with van der Waals surface area (Å²) in [6.07, 6.45) is 3.11. The van der Waals surface area contributed by atoms with Crippen molar-refractivity contribution >= 4 is 11.7 Å². The monoisotopic (exact) mass is 319 g/mol. The Hall–Kier alpha value is -2.99. The van der Waals surface area contributed by atoms with Crippen molar-refractivity contribution in [2.75, 3.05) is 18.6 Å². The van der Waals surface area contributed by atoms with Gasteiger partial charge in [0.2, 0.25) is 0 Å². The van der Waals surface area contributed by atoms with Crippen LogP contribution in [0, 0.1) is 18.8 Å². The minimum atomic E-state index is -0.353. The number of nitrogens with zero attached hydrogens (tertiary/aromatic N) is 1. The molecular formula is C21H21NO2. The largest absolute Gasteiger partial charge is 0.463 e. The minimum Gasteiger partial charge on any atom is -0.463 e. The molecule has 0 heterocycles. The smallest absolute Gasteiger partial charge is 0.332 e. The number of carbonyl (C=O) groups excluding carboxylic acids is 1. The average molecular weight is 319 g/mol. The molecule has 122 valence electrons. The van der Waals surface area contributed by atoms with Gasteiger partial charge in [-0.2, -0.15) is 0 Å². The molecule has 0 saturated heterocycles. The second-order valence-corrected chi connectivity index (χ2v) is 5.32. The number of hydrogen-bond donors (Lipinski definition) is 0. The molecule has 0 saturated carbocycles. The third kappa shape index (κ3) is 5.03. The van der Waals surface area contributed by atoms with Crippen LogP contribution in [0.5, 0.6) is 0 Å². The average Bonchev–Trinajstić information content (AvgIpc) is 2.59. The van der Waals surface area contributed by atoms with E-state index in [0.717, 1.165) is 22.4 Å². The molecule has 0 aliphatic carbocycles. The second-order valence-electron chi connectivity index (χ2n) is 5.32. The highest BCUT2D eigenvalue weighted by Crippen LogP contribution is 2.20. The van der Waals surface area contributed by atoms with Crippen molar-refractivity contribution < 1.29 is 9.53 Å². The van der Waals surface area contributed by atoms with Crippen molar-refractivity contribution in [2.24, 2.45) is 0 Å². The summed E-state index contributed by atoms with van der Waals surface area (Å²) in [5, 5.41) is 0. The predicted octanol–water partition coefficient (Wildman–Crippen LogP) is 3.91. The SMILES string of the molecule is CCOC(=O)/C=C/N(C)c1ccc(C)cc1C#Cc1ccccc1. The molecule has 3 heteroatoms. The van der Waals surface area contributed by atoms with Gasteiger partial charge in [-0.3, -0.25) is 0 Å². The molecule has 0 atom stereocenters. The molecule has 2 rings (SSSR count). The maximum Gasteiger partial charge on any atom is 0.332 e. The van der Waals surface area contributed by atoms with Gasteiger partial charge >= 0.3 is 5.97 Å². The van der Waals surface area contributed by atoms with Crippen LogP contribution >= 0.6 is 0 Å². The van der Waals surface area contributed by atoms with Gasteiger partial charge in [-0.1, -0.05) is 36.1 Å². The molecule has 0 amide bonds. The lowest BCUT2D eigenvalue weighted by molar-refractivity contribution is -0.137. The fourth-order valence-corrected chi connectivity index (χ4v) is 2.16. The Morgan fingerprint density at radius 3 is 2.62 bits per heavy atom. The van der Waals surface area contributed by atoms with E-state index in [9.17, 15) is 4.79 Å². The molecule has 0 spiro atoms. The van der Waals surface area contributed by atoms with Crippen LogP contribution in [0.1, 0.15) is 23.6 Å². The summed E-state index contributed by atoms with van der Waals surface area (Å²) in [6.45, 7) is 4.18. The van der Waals surface area contributed by atoms with Gasteiger partial charge in [-0.25, -0.2) is 4.79 Å². The zero-order chi connectivity index (χ0) is 17.4. The maximum absolute atomic E-state index is 11.5. The summed E-state index contributed by atoms with van der Waals surface area (Å²) < 4.78 is 4.90. The number of esters is 1. The summed E-state index contributed by atoms with van der Waals surface area (Å²) in [4.78, 5) is 13.3. The molecule has 2 aromatic rings. The Kier molecular flexibility index (Phi) is 6.22. The summed E-state index contributed by atoms with van der Waals surface area (Å²) in [6, 6.07) is 15.9. The van der Waals surface area contributed by atoms with Crippen LogP contribution in [0.4, 0.5) is 5.69 Å². The third-order valence-corrected chi connectivity index (χ3v) is 3.37. The van der Waals surface area contributed by atoms with E-state index < -0.39 is 0 Å². The van der Waals surface area contributed by atoms with Gasteiger partial charge in [-0.05, 0) is 43.7 Å². The first-order valence-corrected chi connectivity index (χ1v) is 7.85. The van der Waals surface area contributed by atoms with E-state index >= 15 is 0 Å². The van der Waals surface area contributed by atoms with E-state index in [1.54, 1.807) is 13.1 Å². The van der Waals surface area contributed by atoms with Crippen molar-refractivity contribution in [3.05, 3.63) is 77.5 Å². The summed E-state index contributed by atoms with van der Waals surface area (Å²) in [5.74, 6) is 6.05. The van der Waals surface area contributed by atoms with E-state index in [0.29, 0.717) is 6.61 Å². The first kappa shape index (κ1) is 17.4. The molecule has 0 aliphatic rings. The highest BCUT2D eigenvalue weighted by Gasteiger charge is 2.05. The quantitative estimate of drug-likeness (QED) is 0.486. The van der Waals surface area contributed by atoms with E-state index in [2.05, 4.69) is 11.8 Å². The lowest BCUT2D eigenvalue weighted by atomic mass is 10.1. The van der Waals surface area contributed by atoms with Crippen LogP contribution in [0.2, 0.25) is 0 Å². The summed E-state index contributed by atoms with van der Waals surface area (Å²) >= 11 is 0. The van der Waals surface area contributed by atoms with Gasteiger partial charge in [-0.15, -0.1) is 0 Å². The highest BCUT2D eigenvalue weighted by molar-refractivity contribution is 5.82. The van der Waals surface area contributed by atoms with Crippen molar-refractivity contribution in [3.63, 3.8) is 0 Å². The summed E-state index contributed by atoms with van der Waals surface area (Å²) in [5.41, 5.74) is 3.95. The predicted molar refractivity (Wildman–Crippen MR) is 97.8 cm³/mol. The highest BCUT2D eigenvalue weighted by atomic mass is 16.5.